The highest BCUT2D eigenvalue weighted by molar-refractivity contribution is 6.01. The summed E-state index contributed by atoms with van der Waals surface area (Å²) in [5, 5.41) is 0. The zero-order valence-corrected chi connectivity index (χ0v) is 20.1. The number of benzene rings is 2. The van der Waals surface area contributed by atoms with Crippen LogP contribution in [0, 0.1) is 5.92 Å². The molecule has 0 N–H and O–H groups in total. The normalized spacial score (nSPS) is 22.5. The predicted molar refractivity (Wildman–Crippen MR) is 129 cm³/mol. The molecule has 0 aliphatic carbocycles. The topological polar surface area (TPSA) is 55.8 Å². The van der Waals surface area contributed by atoms with Crippen LogP contribution in [0.3, 0.4) is 0 Å². The molecule has 2 aromatic rings. The molecule has 2 saturated heterocycles. The number of morpholine rings is 1. The molecule has 0 spiro atoms. The van der Waals surface area contributed by atoms with E-state index in [1.54, 1.807) is 0 Å². The Morgan fingerprint density at radius 1 is 0.909 bits per heavy atom. The van der Waals surface area contributed by atoms with E-state index in [4.69, 9.17) is 9.47 Å². The lowest BCUT2D eigenvalue weighted by atomic mass is 9.77. The van der Waals surface area contributed by atoms with Crippen LogP contribution < -0.4 is 0 Å². The summed E-state index contributed by atoms with van der Waals surface area (Å²) >= 11 is 0. The van der Waals surface area contributed by atoms with Crippen molar-refractivity contribution in [3.63, 3.8) is 0 Å². The number of nitrogens with zero attached hydrogens (tertiary/aromatic N) is 1. The summed E-state index contributed by atoms with van der Waals surface area (Å²) in [5.41, 5.74) is 4.10. The molecule has 1 amide bonds. The minimum Gasteiger partial charge on any atom is -0.445 e. The molecule has 2 bridgehead atoms. The van der Waals surface area contributed by atoms with Gasteiger partial charge in [0.15, 0.2) is 5.78 Å². The first kappa shape index (κ1) is 23.5. The van der Waals surface area contributed by atoms with Gasteiger partial charge in [0.2, 0.25) is 0 Å². The molecule has 4 rings (SSSR count). The van der Waals surface area contributed by atoms with Crippen LogP contribution in [0.1, 0.15) is 79.4 Å². The summed E-state index contributed by atoms with van der Waals surface area (Å²) in [6, 6.07) is 15.7. The Balaban J connectivity index is 1.52. The second-order valence-electron chi connectivity index (χ2n) is 9.95. The van der Waals surface area contributed by atoms with E-state index in [1.165, 1.54) is 0 Å². The van der Waals surface area contributed by atoms with Crippen LogP contribution in [0.4, 0.5) is 4.79 Å². The van der Waals surface area contributed by atoms with Crippen molar-refractivity contribution in [2.45, 2.75) is 71.1 Å². The van der Waals surface area contributed by atoms with Gasteiger partial charge in [0.1, 0.15) is 6.61 Å². The average molecular weight is 450 g/mol. The van der Waals surface area contributed by atoms with Crippen molar-refractivity contribution < 1.29 is 19.1 Å². The number of ether oxygens (including phenoxy) is 2. The summed E-state index contributed by atoms with van der Waals surface area (Å²) in [6.07, 6.45) is 0.910. The molecule has 2 aliphatic rings. The van der Waals surface area contributed by atoms with Crippen LogP contribution in [-0.4, -0.2) is 42.1 Å². The molecule has 5 nitrogen and oxygen atoms in total. The van der Waals surface area contributed by atoms with Crippen molar-refractivity contribution in [2.75, 3.05) is 13.2 Å². The molecule has 0 aromatic heterocycles. The largest absolute Gasteiger partial charge is 0.445 e. The molecular weight excluding hydrogens is 414 g/mol. The number of carbonyl (C=O) groups is 2. The van der Waals surface area contributed by atoms with Crippen molar-refractivity contribution in [3.8, 4) is 0 Å². The minimum atomic E-state index is -0.312. The first-order valence-corrected chi connectivity index (χ1v) is 12.1. The van der Waals surface area contributed by atoms with Gasteiger partial charge in [-0.15, -0.1) is 0 Å². The van der Waals surface area contributed by atoms with Crippen LogP contribution in [0.25, 0.3) is 0 Å². The maximum atomic E-state index is 13.9. The zero-order chi connectivity index (χ0) is 23.5. The van der Waals surface area contributed by atoms with Crippen LogP contribution in [0.5, 0.6) is 0 Å². The van der Waals surface area contributed by atoms with E-state index in [0.717, 1.165) is 22.3 Å². The van der Waals surface area contributed by atoms with Crippen LogP contribution >= 0.6 is 0 Å². The van der Waals surface area contributed by atoms with Gasteiger partial charge >= 0.3 is 6.09 Å². The second-order valence-corrected chi connectivity index (χ2v) is 9.95. The lowest BCUT2D eigenvalue weighted by molar-refractivity contribution is -0.0755. The summed E-state index contributed by atoms with van der Waals surface area (Å²) in [4.78, 5) is 28.7. The molecule has 0 saturated carbocycles. The first-order chi connectivity index (χ1) is 15.9. The number of fused-ring (bicyclic) bond motifs is 2. The number of hydrogen-bond donors (Lipinski definition) is 0. The Hall–Kier alpha value is -2.66. The summed E-state index contributed by atoms with van der Waals surface area (Å²) in [5.74, 6) is 0.661. The number of amides is 1. The molecular formula is C28H35NO4. The number of Topliss-reactive ketones (excluding diaryl/α,β-unsaturated/α-hetero) is 1. The fourth-order valence-corrected chi connectivity index (χ4v) is 5.26. The zero-order valence-electron chi connectivity index (χ0n) is 20.1. The molecule has 2 heterocycles. The van der Waals surface area contributed by atoms with Crippen LogP contribution in [0.15, 0.2) is 48.5 Å². The third-order valence-corrected chi connectivity index (χ3v) is 6.93. The molecule has 176 valence electrons. The number of hydrogen-bond acceptors (Lipinski definition) is 4. The van der Waals surface area contributed by atoms with Gasteiger partial charge < -0.3 is 9.47 Å². The number of ketones is 1. The van der Waals surface area contributed by atoms with Gasteiger partial charge in [0.05, 0.1) is 25.3 Å². The third-order valence-electron chi connectivity index (χ3n) is 6.93. The van der Waals surface area contributed by atoms with Crippen molar-refractivity contribution in [3.05, 3.63) is 70.8 Å². The number of carbonyl (C=O) groups excluding carboxylic acids is 2. The van der Waals surface area contributed by atoms with E-state index in [-0.39, 0.29) is 48.3 Å². The Labute approximate surface area is 197 Å². The minimum absolute atomic E-state index is 0.112. The fraction of sp³-hybridized carbons (Fsp3) is 0.500. The van der Waals surface area contributed by atoms with Gasteiger partial charge in [-0.25, -0.2) is 4.79 Å². The van der Waals surface area contributed by atoms with E-state index in [9.17, 15) is 9.59 Å². The molecule has 5 heteroatoms. The summed E-state index contributed by atoms with van der Waals surface area (Å²) in [7, 11) is 0. The van der Waals surface area contributed by atoms with Gasteiger partial charge in [0, 0.05) is 11.5 Å². The standard InChI is InChI=1S/C28H35NO4/c1-18(2)24-11-8-12-25(19(3)4)26(24)27(30)21-13-22-16-32-17-23(14-21)29(22)28(31)33-15-20-9-6-5-7-10-20/h5-12,18-19,21-23H,13-17H2,1-4H3. The maximum absolute atomic E-state index is 13.9. The quantitative estimate of drug-likeness (QED) is 0.513. The van der Waals surface area contributed by atoms with Crippen LogP contribution in [0.2, 0.25) is 0 Å². The Bertz CT molecular complexity index is 944. The van der Waals surface area contributed by atoms with E-state index in [1.807, 2.05) is 35.2 Å². The fourth-order valence-electron chi connectivity index (χ4n) is 5.26. The highest BCUT2D eigenvalue weighted by Crippen LogP contribution is 2.37. The lowest BCUT2D eigenvalue weighted by Gasteiger charge is -2.47. The second kappa shape index (κ2) is 10.1. The van der Waals surface area contributed by atoms with E-state index in [0.29, 0.717) is 26.1 Å². The average Bonchev–Trinajstić information content (AvgIpc) is 2.81. The Morgan fingerprint density at radius 3 is 2.03 bits per heavy atom. The molecule has 2 aliphatic heterocycles. The van der Waals surface area contributed by atoms with E-state index < -0.39 is 0 Å². The van der Waals surface area contributed by atoms with Crippen molar-refractivity contribution in [2.24, 2.45) is 5.92 Å². The number of rotatable bonds is 6. The lowest BCUT2D eigenvalue weighted by Crippen LogP contribution is -2.60. The number of piperidine rings is 1. The van der Waals surface area contributed by atoms with Gasteiger partial charge in [0.25, 0.3) is 0 Å². The van der Waals surface area contributed by atoms with Crippen molar-refractivity contribution in [1.29, 1.82) is 0 Å². The third kappa shape index (κ3) is 4.98. The predicted octanol–water partition coefficient (Wildman–Crippen LogP) is 5.93. The monoisotopic (exact) mass is 449 g/mol. The highest BCUT2D eigenvalue weighted by atomic mass is 16.6. The molecule has 2 atom stereocenters. The van der Waals surface area contributed by atoms with Gasteiger partial charge in [-0.3, -0.25) is 9.69 Å². The van der Waals surface area contributed by atoms with Crippen molar-refractivity contribution >= 4 is 11.9 Å². The van der Waals surface area contributed by atoms with Gasteiger partial charge in [-0.2, -0.15) is 0 Å². The summed E-state index contributed by atoms with van der Waals surface area (Å²) in [6.45, 7) is 9.72. The van der Waals surface area contributed by atoms with Gasteiger partial charge in [-0.05, 0) is 41.4 Å². The Kier molecular flexibility index (Phi) is 7.18. The highest BCUT2D eigenvalue weighted by Gasteiger charge is 2.45. The molecule has 2 fully saturated rings. The van der Waals surface area contributed by atoms with E-state index in [2.05, 4.69) is 45.9 Å². The van der Waals surface area contributed by atoms with E-state index >= 15 is 0 Å². The molecule has 0 radical (unpaired) electrons. The molecule has 2 unspecified atom stereocenters. The smallest absolute Gasteiger partial charge is 0.410 e. The first-order valence-electron chi connectivity index (χ1n) is 12.1. The Morgan fingerprint density at radius 2 is 1.48 bits per heavy atom. The molecule has 33 heavy (non-hydrogen) atoms. The summed E-state index contributed by atoms with van der Waals surface area (Å²) < 4.78 is 11.4. The SMILES string of the molecule is CC(C)c1cccc(C(C)C)c1C(=O)C1CC2COCC(C1)N2C(=O)OCc1ccccc1. The van der Waals surface area contributed by atoms with Gasteiger partial charge in [-0.1, -0.05) is 76.2 Å². The maximum Gasteiger partial charge on any atom is 0.410 e. The van der Waals surface area contributed by atoms with Crippen LogP contribution in [-0.2, 0) is 16.1 Å². The molecule has 2 aromatic carbocycles. The van der Waals surface area contributed by atoms with Crippen molar-refractivity contribution in [1.82, 2.24) is 4.90 Å².